The molecule has 2 N–H and O–H groups in total. The first-order chi connectivity index (χ1) is 12.5. The highest BCUT2D eigenvalue weighted by atomic mass is 32.1. The minimum atomic E-state index is -1.09. The predicted octanol–water partition coefficient (Wildman–Crippen LogP) is 3.00. The molecule has 1 unspecified atom stereocenters. The zero-order valence-corrected chi connectivity index (χ0v) is 13.9. The lowest BCUT2D eigenvalue weighted by Crippen LogP contribution is -2.21. The number of ether oxygens (including phenoxy) is 1. The van der Waals surface area contributed by atoms with Gasteiger partial charge in [0.1, 0.15) is 11.4 Å². The Morgan fingerprint density at radius 3 is 2.69 bits per heavy atom. The van der Waals surface area contributed by atoms with Gasteiger partial charge in [-0.25, -0.2) is 9.18 Å². The van der Waals surface area contributed by atoms with Crippen molar-refractivity contribution in [3.8, 4) is 11.6 Å². The summed E-state index contributed by atoms with van der Waals surface area (Å²) in [4.78, 5) is 26.9. The number of carbonyl (C=O) groups is 1. The highest BCUT2D eigenvalue weighted by Crippen LogP contribution is 2.38. The number of halogens is 1. The van der Waals surface area contributed by atoms with Gasteiger partial charge in [-0.15, -0.1) is 0 Å². The number of esters is 1. The second-order valence-electron chi connectivity index (χ2n) is 5.68. The van der Waals surface area contributed by atoms with Gasteiger partial charge in [0, 0.05) is 5.56 Å². The normalized spacial score (nSPS) is 15.6. The number of hydrogen-bond acceptors (Lipinski definition) is 5. The van der Waals surface area contributed by atoms with Gasteiger partial charge in [0.15, 0.2) is 10.9 Å². The molecule has 0 amide bonds. The van der Waals surface area contributed by atoms with Gasteiger partial charge in [0.05, 0.1) is 11.3 Å². The Balaban J connectivity index is 1.97. The molecule has 6 nitrogen and oxygen atoms in total. The van der Waals surface area contributed by atoms with Crippen molar-refractivity contribution in [1.29, 1.82) is 0 Å². The number of benzene rings is 2. The average molecular weight is 370 g/mol. The van der Waals surface area contributed by atoms with Crippen molar-refractivity contribution in [3.05, 3.63) is 86.2 Å². The number of carbonyl (C=O) groups excluding carboxylic acids is 1. The summed E-state index contributed by atoms with van der Waals surface area (Å²) in [5, 5.41) is 10.7. The zero-order valence-electron chi connectivity index (χ0n) is 13.1. The third-order valence-electron chi connectivity index (χ3n) is 4.14. The van der Waals surface area contributed by atoms with Gasteiger partial charge < -0.3 is 9.84 Å². The molecule has 0 fully saturated rings. The van der Waals surface area contributed by atoms with Crippen LogP contribution in [-0.2, 0) is 4.74 Å². The fourth-order valence-electron chi connectivity index (χ4n) is 2.99. The SMILES string of the molecule is O=C1OC(c2c(O)n(-c3cccc(F)c3)c(=S)[nH]c2=O)c2ccccc21. The Bertz CT molecular complexity index is 1170. The number of aromatic amines is 1. The first-order valence-electron chi connectivity index (χ1n) is 7.61. The number of fused-ring (bicyclic) bond motifs is 1. The van der Waals surface area contributed by atoms with E-state index >= 15 is 0 Å². The standard InChI is InChI=1S/C18H11FN2O4S/c19-9-4-3-5-10(8-9)21-16(23)13(15(22)20-18(21)26)14-11-6-1-2-7-12(11)17(24)25-14/h1-8,14,23H,(H,20,22,26). The molecule has 1 atom stereocenters. The summed E-state index contributed by atoms with van der Waals surface area (Å²) < 4.78 is 19.9. The van der Waals surface area contributed by atoms with Crippen LogP contribution in [0.3, 0.4) is 0 Å². The van der Waals surface area contributed by atoms with Gasteiger partial charge in [-0.3, -0.25) is 14.3 Å². The summed E-state index contributed by atoms with van der Waals surface area (Å²) in [5.41, 5.74) is 0.135. The second kappa shape index (κ2) is 5.92. The summed E-state index contributed by atoms with van der Waals surface area (Å²) in [5.74, 6) is -1.64. The molecule has 2 aromatic carbocycles. The summed E-state index contributed by atoms with van der Waals surface area (Å²) in [7, 11) is 0. The largest absolute Gasteiger partial charge is 0.494 e. The predicted molar refractivity (Wildman–Crippen MR) is 92.5 cm³/mol. The van der Waals surface area contributed by atoms with Crippen molar-refractivity contribution in [2.24, 2.45) is 0 Å². The molecule has 1 aliphatic rings. The summed E-state index contributed by atoms with van der Waals surface area (Å²) in [6, 6.07) is 11.9. The number of aromatic hydroxyl groups is 1. The van der Waals surface area contributed by atoms with Crippen LogP contribution >= 0.6 is 12.2 Å². The van der Waals surface area contributed by atoms with E-state index in [9.17, 15) is 19.1 Å². The number of H-pyrrole nitrogens is 1. The maximum atomic E-state index is 13.6. The minimum absolute atomic E-state index is 0.112. The van der Waals surface area contributed by atoms with Crippen LogP contribution in [0.4, 0.5) is 4.39 Å². The van der Waals surface area contributed by atoms with E-state index in [-0.39, 0.29) is 16.0 Å². The minimum Gasteiger partial charge on any atom is -0.494 e. The van der Waals surface area contributed by atoms with Crippen LogP contribution in [0.25, 0.3) is 5.69 Å². The molecule has 1 aliphatic heterocycles. The molecular formula is C18H11FN2O4S. The first kappa shape index (κ1) is 16.2. The fraction of sp³-hybridized carbons (Fsp3) is 0.0556. The average Bonchev–Trinajstić information content (AvgIpc) is 2.92. The van der Waals surface area contributed by atoms with Crippen molar-refractivity contribution in [2.45, 2.75) is 6.10 Å². The highest BCUT2D eigenvalue weighted by molar-refractivity contribution is 7.71. The van der Waals surface area contributed by atoms with E-state index in [0.29, 0.717) is 11.1 Å². The van der Waals surface area contributed by atoms with Crippen LogP contribution in [-0.4, -0.2) is 20.6 Å². The molecule has 2 heterocycles. The molecular weight excluding hydrogens is 359 g/mol. The van der Waals surface area contributed by atoms with E-state index in [0.717, 1.165) is 10.6 Å². The number of hydrogen-bond donors (Lipinski definition) is 2. The molecule has 26 heavy (non-hydrogen) atoms. The molecule has 0 aliphatic carbocycles. The van der Waals surface area contributed by atoms with E-state index in [1.807, 2.05) is 0 Å². The van der Waals surface area contributed by atoms with Crippen LogP contribution in [0.2, 0.25) is 0 Å². The van der Waals surface area contributed by atoms with Gasteiger partial charge in [0.2, 0.25) is 5.88 Å². The molecule has 3 aromatic rings. The Morgan fingerprint density at radius 1 is 1.15 bits per heavy atom. The van der Waals surface area contributed by atoms with Gasteiger partial charge in [-0.05, 0) is 36.5 Å². The van der Waals surface area contributed by atoms with Crippen LogP contribution in [0.5, 0.6) is 5.88 Å². The molecule has 0 bridgehead atoms. The maximum Gasteiger partial charge on any atom is 0.339 e. The number of nitrogens with one attached hydrogen (secondary N) is 1. The number of cyclic esters (lactones) is 1. The third kappa shape index (κ3) is 2.42. The lowest BCUT2D eigenvalue weighted by molar-refractivity contribution is 0.0449. The van der Waals surface area contributed by atoms with Gasteiger partial charge >= 0.3 is 5.97 Å². The summed E-state index contributed by atoms with van der Waals surface area (Å²) in [6.07, 6.45) is -1.09. The molecule has 8 heteroatoms. The smallest absolute Gasteiger partial charge is 0.339 e. The Labute approximate surface area is 151 Å². The Kier molecular flexibility index (Phi) is 3.69. The highest BCUT2D eigenvalue weighted by Gasteiger charge is 2.36. The van der Waals surface area contributed by atoms with Gasteiger partial charge in [-0.2, -0.15) is 0 Å². The topological polar surface area (TPSA) is 84.3 Å². The molecule has 0 spiro atoms. The van der Waals surface area contributed by atoms with E-state index in [4.69, 9.17) is 17.0 Å². The summed E-state index contributed by atoms with van der Waals surface area (Å²) >= 11 is 5.10. The maximum absolute atomic E-state index is 13.6. The van der Waals surface area contributed by atoms with E-state index < -0.39 is 29.3 Å². The fourth-order valence-corrected chi connectivity index (χ4v) is 3.27. The van der Waals surface area contributed by atoms with E-state index in [1.54, 1.807) is 24.3 Å². The molecule has 1 aromatic heterocycles. The van der Waals surface area contributed by atoms with Crippen LogP contribution in [0.1, 0.15) is 27.6 Å². The summed E-state index contributed by atoms with van der Waals surface area (Å²) in [6.45, 7) is 0. The second-order valence-corrected chi connectivity index (χ2v) is 6.07. The van der Waals surface area contributed by atoms with E-state index in [1.165, 1.54) is 18.2 Å². The van der Waals surface area contributed by atoms with Crippen LogP contribution < -0.4 is 5.56 Å². The Hall–Kier alpha value is -3.26. The van der Waals surface area contributed by atoms with Gasteiger partial charge in [0.25, 0.3) is 5.56 Å². The quantitative estimate of drug-likeness (QED) is 0.535. The number of aromatic nitrogens is 2. The molecule has 130 valence electrons. The number of nitrogens with zero attached hydrogens (tertiary/aromatic N) is 1. The molecule has 0 saturated heterocycles. The van der Waals surface area contributed by atoms with Crippen molar-refractivity contribution in [1.82, 2.24) is 9.55 Å². The lowest BCUT2D eigenvalue weighted by Gasteiger charge is -2.16. The van der Waals surface area contributed by atoms with Crippen LogP contribution in [0, 0.1) is 10.6 Å². The van der Waals surface area contributed by atoms with Gasteiger partial charge in [-0.1, -0.05) is 24.3 Å². The third-order valence-corrected chi connectivity index (χ3v) is 4.42. The monoisotopic (exact) mass is 370 g/mol. The van der Waals surface area contributed by atoms with Crippen molar-refractivity contribution in [3.63, 3.8) is 0 Å². The Morgan fingerprint density at radius 2 is 1.92 bits per heavy atom. The molecule has 0 radical (unpaired) electrons. The van der Waals surface area contributed by atoms with Crippen molar-refractivity contribution < 1.29 is 19.0 Å². The lowest BCUT2D eigenvalue weighted by atomic mass is 10.0. The molecule has 4 rings (SSSR count). The van der Waals surface area contributed by atoms with Crippen molar-refractivity contribution >= 4 is 18.2 Å². The van der Waals surface area contributed by atoms with Crippen molar-refractivity contribution in [2.75, 3.05) is 0 Å². The van der Waals surface area contributed by atoms with Crippen LogP contribution in [0.15, 0.2) is 53.3 Å². The van der Waals surface area contributed by atoms with E-state index in [2.05, 4.69) is 4.98 Å². The first-order valence-corrected chi connectivity index (χ1v) is 8.02. The molecule has 0 saturated carbocycles. The zero-order chi connectivity index (χ0) is 18.4. The number of rotatable bonds is 2.